The highest BCUT2D eigenvalue weighted by atomic mass is 79.9. The number of rotatable bonds is 3. The van der Waals surface area contributed by atoms with Gasteiger partial charge in [0.15, 0.2) is 5.92 Å². The Kier molecular flexibility index (Phi) is 3.62. The zero-order valence-electron chi connectivity index (χ0n) is 11.2. The van der Waals surface area contributed by atoms with Crippen LogP contribution in [0.3, 0.4) is 0 Å². The number of ether oxygens (including phenoxy) is 1. The van der Waals surface area contributed by atoms with E-state index in [1.54, 1.807) is 42.5 Å². The molecule has 0 aliphatic carbocycles. The van der Waals surface area contributed by atoms with Gasteiger partial charge in [0.05, 0.1) is 0 Å². The van der Waals surface area contributed by atoms with Gasteiger partial charge in [-0.15, -0.1) is 0 Å². The average molecular weight is 363 g/mol. The Morgan fingerprint density at radius 1 is 1.00 bits per heavy atom. The quantitative estimate of drug-likeness (QED) is 0.816. The molecule has 1 atom stereocenters. The molecule has 1 heterocycles. The summed E-state index contributed by atoms with van der Waals surface area (Å²) in [4.78, 5) is 23.0. The van der Waals surface area contributed by atoms with Crippen molar-refractivity contribution in [2.75, 3.05) is 0 Å². The van der Waals surface area contributed by atoms with Gasteiger partial charge in [-0.25, -0.2) is 0 Å². The van der Waals surface area contributed by atoms with Gasteiger partial charge in [0, 0.05) is 21.5 Å². The van der Waals surface area contributed by atoms with E-state index in [2.05, 4.69) is 15.9 Å². The molecule has 0 amide bonds. The fraction of sp³-hybridized carbons (Fsp3) is 0.125. The number of hydrogen-bond acceptors (Lipinski definition) is 3. The van der Waals surface area contributed by atoms with Crippen LogP contribution in [0, 0.1) is 5.92 Å². The highest BCUT2D eigenvalue weighted by Crippen LogP contribution is 2.48. The molecule has 1 aliphatic heterocycles. The van der Waals surface area contributed by atoms with E-state index in [0.717, 1.165) is 4.47 Å². The first-order valence-corrected chi connectivity index (χ1v) is 7.30. The van der Waals surface area contributed by atoms with Crippen molar-refractivity contribution in [1.29, 1.82) is 0 Å². The van der Waals surface area contributed by atoms with Crippen molar-refractivity contribution in [2.45, 2.75) is 5.92 Å². The Morgan fingerprint density at radius 3 is 2.32 bits per heavy atom. The Labute approximate surface area is 134 Å². The molecular weight excluding hydrogens is 352 g/mol. The van der Waals surface area contributed by atoms with Crippen LogP contribution in [0.15, 0.2) is 46.9 Å². The molecule has 0 fully saturated rings. The van der Waals surface area contributed by atoms with E-state index in [9.17, 15) is 19.8 Å². The molecule has 6 heteroatoms. The van der Waals surface area contributed by atoms with E-state index < -0.39 is 23.8 Å². The lowest BCUT2D eigenvalue weighted by Gasteiger charge is -2.30. The van der Waals surface area contributed by atoms with Crippen molar-refractivity contribution in [1.82, 2.24) is 0 Å². The fourth-order valence-corrected chi connectivity index (χ4v) is 3.10. The summed E-state index contributed by atoms with van der Waals surface area (Å²) in [5, 5.41) is 18.8. The highest BCUT2D eigenvalue weighted by Gasteiger charge is 2.41. The molecule has 2 aromatic rings. The zero-order valence-corrected chi connectivity index (χ0v) is 12.8. The van der Waals surface area contributed by atoms with Crippen LogP contribution in [0.5, 0.6) is 11.5 Å². The second-order valence-corrected chi connectivity index (χ2v) is 5.87. The molecule has 1 aliphatic rings. The first-order chi connectivity index (χ1) is 10.5. The lowest BCUT2D eigenvalue weighted by Crippen LogP contribution is -2.32. The summed E-state index contributed by atoms with van der Waals surface area (Å²) in [7, 11) is 0. The van der Waals surface area contributed by atoms with Gasteiger partial charge >= 0.3 is 11.9 Å². The molecule has 5 nitrogen and oxygen atoms in total. The predicted octanol–water partition coefficient (Wildman–Crippen LogP) is 3.47. The first-order valence-electron chi connectivity index (χ1n) is 6.51. The number of halogens is 1. The molecule has 0 spiro atoms. The maximum Gasteiger partial charge on any atom is 0.318 e. The summed E-state index contributed by atoms with van der Waals surface area (Å²) in [5.74, 6) is -4.19. The monoisotopic (exact) mass is 362 g/mol. The number of carboxylic acids is 2. The van der Waals surface area contributed by atoms with Crippen LogP contribution < -0.4 is 4.74 Å². The lowest BCUT2D eigenvalue weighted by molar-refractivity contribution is -0.155. The van der Waals surface area contributed by atoms with Gasteiger partial charge in [0.2, 0.25) is 0 Å². The molecule has 0 saturated carbocycles. The van der Waals surface area contributed by atoms with Crippen LogP contribution in [0.2, 0.25) is 0 Å². The van der Waals surface area contributed by atoms with Crippen molar-refractivity contribution < 1.29 is 24.5 Å². The van der Waals surface area contributed by atoms with E-state index in [0.29, 0.717) is 22.6 Å². The van der Waals surface area contributed by atoms with Crippen molar-refractivity contribution in [3.05, 3.63) is 58.1 Å². The zero-order chi connectivity index (χ0) is 15.9. The maximum absolute atomic E-state index is 11.5. The van der Waals surface area contributed by atoms with Crippen molar-refractivity contribution in [3.63, 3.8) is 0 Å². The number of fused-ring (bicyclic) bond motifs is 2. The summed E-state index contributed by atoms with van der Waals surface area (Å²) in [6.07, 6.45) is 0. The van der Waals surface area contributed by atoms with Crippen molar-refractivity contribution in [3.8, 4) is 11.5 Å². The maximum atomic E-state index is 11.5. The minimum atomic E-state index is -1.59. The second-order valence-electron chi connectivity index (χ2n) is 4.95. The average Bonchev–Trinajstić information content (AvgIpc) is 2.46. The smallest absolute Gasteiger partial charge is 0.318 e. The van der Waals surface area contributed by atoms with Crippen LogP contribution in [-0.4, -0.2) is 22.2 Å². The van der Waals surface area contributed by atoms with Crippen LogP contribution in [0.1, 0.15) is 17.0 Å². The van der Waals surface area contributed by atoms with Crippen molar-refractivity contribution >= 4 is 27.9 Å². The first kappa shape index (κ1) is 14.6. The number of aliphatic carboxylic acids is 2. The van der Waals surface area contributed by atoms with Crippen LogP contribution in [0.25, 0.3) is 0 Å². The molecule has 0 saturated heterocycles. The molecule has 112 valence electrons. The van der Waals surface area contributed by atoms with Gasteiger partial charge in [-0.2, -0.15) is 0 Å². The summed E-state index contributed by atoms with van der Waals surface area (Å²) < 4.78 is 6.50. The van der Waals surface area contributed by atoms with E-state index in [4.69, 9.17) is 4.74 Å². The van der Waals surface area contributed by atoms with Gasteiger partial charge in [-0.1, -0.05) is 34.1 Å². The molecular formula is C16H11BrO5. The molecule has 3 rings (SSSR count). The summed E-state index contributed by atoms with van der Waals surface area (Å²) in [6.45, 7) is 0. The molecule has 1 unspecified atom stereocenters. The lowest BCUT2D eigenvalue weighted by atomic mass is 9.78. The third-order valence-electron chi connectivity index (χ3n) is 3.65. The number of hydrogen-bond donors (Lipinski definition) is 2. The van der Waals surface area contributed by atoms with E-state index >= 15 is 0 Å². The molecule has 22 heavy (non-hydrogen) atoms. The van der Waals surface area contributed by atoms with Crippen LogP contribution in [-0.2, 0) is 9.59 Å². The topological polar surface area (TPSA) is 83.8 Å². The Bertz CT molecular complexity index is 757. The van der Waals surface area contributed by atoms with E-state index in [-0.39, 0.29) is 0 Å². The largest absolute Gasteiger partial charge is 0.481 e. The number of benzene rings is 2. The number of para-hydroxylation sites is 1. The SMILES string of the molecule is O=C(O)C(C(=O)O)C1c2ccccc2Oc2ccc(Br)cc21. The number of carbonyl (C=O) groups is 2. The third kappa shape index (κ3) is 2.35. The number of carboxylic acid groups (broad SMARTS) is 2. The summed E-state index contributed by atoms with van der Waals surface area (Å²) >= 11 is 3.33. The Morgan fingerprint density at radius 2 is 1.64 bits per heavy atom. The molecule has 0 bridgehead atoms. The Balaban J connectivity index is 2.25. The third-order valence-corrected chi connectivity index (χ3v) is 4.14. The molecule has 2 aromatic carbocycles. The Hall–Kier alpha value is -2.34. The highest BCUT2D eigenvalue weighted by molar-refractivity contribution is 9.10. The molecule has 0 aromatic heterocycles. The van der Waals surface area contributed by atoms with Gasteiger partial charge in [-0.3, -0.25) is 9.59 Å². The fourth-order valence-electron chi connectivity index (χ4n) is 2.72. The minimum absolute atomic E-state index is 0.472. The van der Waals surface area contributed by atoms with Gasteiger partial charge in [0.25, 0.3) is 0 Å². The summed E-state index contributed by atoms with van der Waals surface area (Å²) in [6, 6.07) is 12.1. The molecule has 2 N–H and O–H groups in total. The van der Waals surface area contributed by atoms with Gasteiger partial charge < -0.3 is 14.9 Å². The van der Waals surface area contributed by atoms with Crippen molar-refractivity contribution in [2.24, 2.45) is 5.92 Å². The standard InChI is InChI=1S/C16H11BrO5/c17-8-5-6-12-10(7-8)13(14(15(18)19)16(20)21)9-3-1-2-4-11(9)22-12/h1-7,13-14H,(H,18,19)(H,20,21). The second kappa shape index (κ2) is 5.46. The van der Waals surface area contributed by atoms with Crippen LogP contribution >= 0.6 is 15.9 Å². The predicted molar refractivity (Wildman–Crippen MR) is 81.3 cm³/mol. The van der Waals surface area contributed by atoms with Crippen LogP contribution in [0.4, 0.5) is 0 Å². The van der Waals surface area contributed by atoms with E-state index in [1.165, 1.54) is 0 Å². The summed E-state index contributed by atoms with van der Waals surface area (Å²) in [5.41, 5.74) is 1.10. The normalized spacial score (nSPS) is 15.6. The van der Waals surface area contributed by atoms with E-state index in [1.807, 2.05) is 0 Å². The molecule has 0 radical (unpaired) electrons. The minimum Gasteiger partial charge on any atom is -0.481 e. The van der Waals surface area contributed by atoms with Gasteiger partial charge in [0.1, 0.15) is 11.5 Å². The van der Waals surface area contributed by atoms with Gasteiger partial charge in [-0.05, 0) is 24.3 Å².